The molecule has 1 aromatic carbocycles. The monoisotopic (exact) mass is 251 g/mol. The molecule has 1 aromatic rings. The van der Waals surface area contributed by atoms with E-state index in [1.165, 1.54) is 13.0 Å². The molecule has 0 bridgehead atoms. The van der Waals surface area contributed by atoms with Crippen molar-refractivity contribution in [2.24, 2.45) is 5.73 Å². The first-order valence-corrected chi connectivity index (χ1v) is 4.78. The topological polar surface area (TPSA) is 43.1 Å². The molecule has 88 valence electrons. The quantitative estimate of drug-likeness (QED) is 0.822. The molecule has 0 heterocycles. The average Bonchev–Trinajstić information content (AvgIpc) is 2.15. The molecule has 0 fully saturated rings. The lowest BCUT2D eigenvalue weighted by Crippen LogP contribution is -2.28. The summed E-state index contributed by atoms with van der Waals surface area (Å²) in [5, 5.41) is -0.0754. The van der Waals surface area contributed by atoms with Gasteiger partial charge in [0.15, 0.2) is 5.78 Å². The largest absolute Gasteiger partial charge is 0.417 e. The van der Waals surface area contributed by atoms with Crippen molar-refractivity contribution < 1.29 is 18.0 Å². The van der Waals surface area contributed by atoms with Gasteiger partial charge in [0.05, 0.1) is 11.6 Å². The third-order valence-corrected chi connectivity index (χ3v) is 2.20. The molecule has 0 radical (unpaired) electrons. The fourth-order valence-corrected chi connectivity index (χ4v) is 1.38. The van der Waals surface area contributed by atoms with Gasteiger partial charge in [0, 0.05) is 10.6 Å². The summed E-state index contributed by atoms with van der Waals surface area (Å²) in [6.07, 6.45) is -4.62. The fourth-order valence-electron chi connectivity index (χ4n) is 1.21. The molecule has 0 saturated heterocycles. The van der Waals surface area contributed by atoms with Gasteiger partial charge >= 0.3 is 6.18 Å². The van der Waals surface area contributed by atoms with Crippen molar-refractivity contribution in [3.8, 4) is 0 Å². The molecule has 0 amide bonds. The highest BCUT2D eigenvalue weighted by atomic mass is 35.5. The number of hydrogen-bond donors (Lipinski definition) is 1. The van der Waals surface area contributed by atoms with Gasteiger partial charge in [-0.2, -0.15) is 13.2 Å². The lowest BCUT2D eigenvalue weighted by Gasteiger charge is -2.13. The summed E-state index contributed by atoms with van der Waals surface area (Å²) < 4.78 is 37.8. The summed E-state index contributed by atoms with van der Waals surface area (Å²) in [5.74, 6) is -0.760. The molecule has 0 aliphatic heterocycles. The smallest absolute Gasteiger partial charge is 0.321 e. The van der Waals surface area contributed by atoms with Crippen molar-refractivity contribution in [3.05, 3.63) is 34.3 Å². The Morgan fingerprint density at radius 2 is 2.00 bits per heavy atom. The standard InChI is InChI=1S/C10H9ClF3NO/c1-5(15)9(16)7-3-2-6(11)4-8(7)10(12,13)14/h2-5H,15H2,1H3. The lowest BCUT2D eigenvalue weighted by molar-refractivity contribution is -0.137. The molecule has 1 atom stereocenters. The van der Waals surface area contributed by atoms with E-state index in [1.54, 1.807) is 0 Å². The lowest BCUT2D eigenvalue weighted by atomic mass is 9.99. The van der Waals surface area contributed by atoms with Crippen LogP contribution in [0, 0.1) is 0 Å². The maximum atomic E-state index is 12.6. The number of ketones is 1. The number of Topliss-reactive ketones (excluding diaryl/α,β-unsaturated/α-hetero) is 1. The van der Waals surface area contributed by atoms with Gasteiger partial charge in [-0.15, -0.1) is 0 Å². The van der Waals surface area contributed by atoms with E-state index in [1.807, 2.05) is 0 Å². The molecular formula is C10H9ClF3NO. The number of rotatable bonds is 2. The number of halogens is 4. The number of hydrogen-bond acceptors (Lipinski definition) is 2. The summed E-state index contributed by atoms with van der Waals surface area (Å²) in [6.45, 7) is 1.33. The highest BCUT2D eigenvalue weighted by molar-refractivity contribution is 6.30. The molecule has 6 heteroatoms. The van der Waals surface area contributed by atoms with Crippen molar-refractivity contribution >= 4 is 17.4 Å². The van der Waals surface area contributed by atoms with Crippen LogP contribution in [0.3, 0.4) is 0 Å². The van der Waals surface area contributed by atoms with E-state index in [9.17, 15) is 18.0 Å². The second-order valence-electron chi connectivity index (χ2n) is 3.34. The van der Waals surface area contributed by atoms with E-state index < -0.39 is 29.1 Å². The van der Waals surface area contributed by atoms with Crippen LogP contribution in [0.5, 0.6) is 0 Å². The van der Waals surface area contributed by atoms with E-state index in [-0.39, 0.29) is 5.02 Å². The molecule has 0 aliphatic rings. The van der Waals surface area contributed by atoms with Crippen molar-refractivity contribution in [1.29, 1.82) is 0 Å². The van der Waals surface area contributed by atoms with Crippen LogP contribution in [0.2, 0.25) is 5.02 Å². The zero-order chi connectivity index (χ0) is 12.5. The van der Waals surface area contributed by atoms with Crippen molar-refractivity contribution in [1.82, 2.24) is 0 Å². The zero-order valence-electron chi connectivity index (χ0n) is 8.31. The zero-order valence-corrected chi connectivity index (χ0v) is 9.06. The molecule has 0 aliphatic carbocycles. The number of benzene rings is 1. The Bertz CT molecular complexity index is 415. The van der Waals surface area contributed by atoms with Crippen molar-refractivity contribution in [2.45, 2.75) is 19.1 Å². The molecule has 2 nitrogen and oxygen atoms in total. The van der Waals surface area contributed by atoms with Crippen molar-refractivity contribution in [3.63, 3.8) is 0 Å². The van der Waals surface area contributed by atoms with Gasteiger partial charge in [0.1, 0.15) is 0 Å². The molecule has 16 heavy (non-hydrogen) atoms. The first kappa shape index (κ1) is 13.0. The number of nitrogens with two attached hydrogens (primary N) is 1. The second kappa shape index (κ2) is 4.43. The fraction of sp³-hybridized carbons (Fsp3) is 0.300. The second-order valence-corrected chi connectivity index (χ2v) is 3.78. The molecule has 0 aromatic heterocycles. The van der Waals surface area contributed by atoms with E-state index in [2.05, 4.69) is 0 Å². The van der Waals surface area contributed by atoms with Gasteiger partial charge in [-0.25, -0.2) is 0 Å². The minimum absolute atomic E-state index is 0.0754. The predicted molar refractivity (Wildman–Crippen MR) is 54.4 cm³/mol. The number of alkyl halides is 3. The summed E-state index contributed by atoms with van der Waals surface area (Å²) >= 11 is 5.46. The van der Waals surface area contributed by atoms with Gasteiger partial charge in [0.25, 0.3) is 0 Å². The minimum Gasteiger partial charge on any atom is -0.321 e. The summed E-state index contributed by atoms with van der Waals surface area (Å²) in [7, 11) is 0. The molecule has 1 unspecified atom stereocenters. The highest BCUT2D eigenvalue weighted by Crippen LogP contribution is 2.34. The first-order chi connectivity index (χ1) is 7.23. The minimum atomic E-state index is -4.62. The Hall–Kier alpha value is -1.07. The Kier molecular flexibility index (Phi) is 3.60. The number of carbonyl (C=O) groups is 1. The summed E-state index contributed by atoms with van der Waals surface area (Å²) in [4.78, 5) is 11.5. The van der Waals surface area contributed by atoms with Gasteiger partial charge in [-0.05, 0) is 25.1 Å². The SMILES string of the molecule is CC(N)C(=O)c1ccc(Cl)cc1C(F)(F)F. The summed E-state index contributed by atoms with van der Waals surface area (Å²) in [6, 6.07) is 2.00. The molecule has 0 saturated carbocycles. The van der Waals surface area contributed by atoms with Crippen LogP contribution < -0.4 is 5.73 Å². The first-order valence-electron chi connectivity index (χ1n) is 4.40. The van der Waals surface area contributed by atoms with E-state index in [0.29, 0.717) is 0 Å². The third kappa shape index (κ3) is 2.74. The molecule has 2 N–H and O–H groups in total. The van der Waals surface area contributed by atoms with Crippen LogP contribution in [-0.4, -0.2) is 11.8 Å². The normalized spacial score (nSPS) is 13.6. The average molecular weight is 252 g/mol. The highest BCUT2D eigenvalue weighted by Gasteiger charge is 2.35. The predicted octanol–water partition coefficient (Wildman–Crippen LogP) is 2.89. The van der Waals surface area contributed by atoms with Crippen LogP contribution in [0.25, 0.3) is 0 Å². The maximum absolute atomic E-state index is 12.6. The number of carbonyl (C=O) groups excluding carboxylic acids is 1. The van der Waals surface area contributed by atoms with Crippen LogP contribution >= 0.6 is 11.6 Å². The third-order valence-electron chi connectivity index (χ3n) is 1.97. The van der Waals surface area contributed by atoms with E-state index >= 15 is 0 Å². The maximum Gasteiger partial charge on any atom is 0.417 e. The van der Waals surface area contributed by atoms with Crippen LogP contribution in [0.4, 0.5) is 13.2 Å². The van der Waals surface area contributed by atoms with Crippen LogP contribution in [-0.2, 0) is 6.18 Å². The van der Waals surface area contributed by atoms with Gasteiger partial charge in [-0.3, -0.25) is 4.79 Å². The van der Waals surface area contributed by atoms with Crippen molar-refractivity contribution in [2.75, 3.05) is 0 Å². The van der Waals surface area contributed by atoms with E-state index in [4.69, 9.17) is 17.3 Å². The Labute approximate surface area is 95.2 Å². The van der Waals surface area contributed by atoms with Crippen LogP contribution in [0.1, 0.15) is 22.8 Å². The van der Waals surface area contributed by atoms with Crippen LogP contribution in [0.15, 0.2) is 18.2 Å². The Morgan fingerprint density at radius 3 is 2.44 bits per heavy atom. The Morgan fingerprint density at radius 1 is 1.44 bits per heavy atom. The molecule has 0 spiro atoms. The molecular weight excluding hydrogens is 243 g/mol. The Balaban J connectivity index is 3.34. The van der Waals surface area contributed by atoms with Gasteiger partial charge < -0.3 is 5.73 Å². The summed E-state index contributed by atoms with van der Waals surface area (Å²) in [5.41, 5.74) is 3.76. The van der Waals surface area contributed by atoms with Gasteiger partial charge in [-0.1, -0.05) is 11.6 Å². The van der Waals surface area contributed by atoms with E-state index in [0.717, 1.165) is 12.1 Å². The molecule has 1 rings (SSSR count). The van der Waals surface area contributed by atoms with Gasteiger partial charge in [0.2, 0.25) is 0 Å².